The zero-order valence-electron chi connectivity index (χ0n) is 14.4. The van der Waals surface area contributed by atoms with Gasteiger partial charge in [-0.05, 0) is 37.3 Å². The zero-order chi connectivity index (χ0) is 18.9. The number of hydrazone groups is 1. The number of hydrogen-bond acceptors (Lipinski definition) is 7. The smallest absolute Gasteiger partial charge is 0.744 e. The Labute approximate surface area is 183 Å². The topological polar surface area (TPSA) is 115 Å². The second kappa shape index (κ2) is 8.59. The number of amides is 1. The van der Waals surface area contributed by atoms with E-state index in [1.54, 1.807) is 31.2 Å². The molecule has 134 valence electrons. The van der Waals surface area contributed by atoms with Crippen LogP contribution in [-0.4, -0.2) is 30.6 Å². The van der Waals surface area contributed by atoms with Crippen molar-refractivity contribution in [2.75, 3.05) is 5.01 Å². The van der Waals surface area contributed by atoms with Gasteiger partial charge in [-0.2, -0.15) is 20.3 Å². The summed E-state index contributed by atoms with van der Waals surface area (Å²) in [5.74, 6) is -0.432. The first-order valence-electron chi connectivity index (χ1n) is 7.38. The number of hydrogen-bond donors (Lipinski definition) is 0. The molecule has 0 saturated heterocycles. The van der Waals surface area contributed by atoms with Gasteiger partial charge in [0.2, 0.25) is 0 Å². The molecule has 0 aliphatic carbocycles. The van der Waals surface area contributed by atoms with Crippen LogP contribution in [0.3, 0.4) is 0 Å². The van der Waals surface area contributed by atoms with Gasteiger partial charge in [0.1, 0.15) is 15.8 Å². The number of carbonyl (C=O) groups is 1. The van der Waals surface area contributed by atoms with Gasteiger partial charge in [-0.15, -0.1) is 0 Å². The summed E-state index contributed by atoms with van der Waals surface area (Å²) in [5.41, 5.74) is 0.773. The molecule has 0 saturated carbocycles. The Kier molecular flexibility index (Phi) is 6.90. The van der Waals surface area contributed by atoms with Crippen molar-refractivity contribution in [3.05, 3.63) is 53.6 Å². The molecule has 1 heterocycles. The third kappa shape index (κ3) is 4.81. The minimum atomic E-state index is -4.80. The predicted molar refractivity (Wildman–Crippen MR) is 94.8 cm³/mol. The Morgan fingerprint density at radius 1 is 1.19 bits per heavy atom. The van der Waals surface area contributed by atoms with Crippen LogP contribution in [0, 0.1) is 0 Å². The molecule has 0 bridgehead atoms. The van der Waals surface area contributed by atoms with E-state index < -0.39 is 27.0 Å². The van der Waals surface area contributed by atoms with Crippen molar-refractivity contribution >= 4 is 44.7 Å². The molecule has 1 atom stereocenters. The van der Waals surface area contributed by atoms with E-state index in [9.17, 15) is 17.8 Å². The molecule has 2 aromatic rings. The van der Waals surface area contributed by atoms with Crippen molar-refractivity contribution in [1.29, 1.82) is 0 Å². The molecule has 0 aromatic heterocycles. The van der Waals surface area contributed by atoms with Gasteiger partial charge in [0.25, 0.3) is 5.91 Å². The fourth-order valence-electron chi connectivity index (χ4n) is 2.33. The molecule has 1 aliphatic rings. The Bertz CT molecular complexity index is 1030. The van der Waals surface area contributed by atoms with Gasteiger partial charge in [0, 0.05) is 5.02 Å². The third-order valence-corrected chi connectivity index (χ3v) is 4.67. The van der Waals surface area contributed by atoms with Gasteiger partial charge in [-0.25, -0.2) is 8.42 Å². The maximum absolute atomic E-state index is 12.5. The fourth-order valence-corrected chi connectivity index (χ4v) is 3.21. The normalized spacial score (nSPS) is 17.1. The minimum Gasteiger partial charge on any atom is -0.744 e. The molecular formula is C16H12ClN4NaO4S. The average molecular weight is 415 g/mol. The van der Waals surface area contributed by atoms with E-state index in [-0.39, 0.29) is 40.3 Å². The fraction of sp³-hybridized carbons (Fsp3) is 0.125. The Balaban J connectivity index is 0.00000261. The van der Waals surface area contributed by atoms with Crippen LogP contribution in [0.5, 0.6) is 0 Å². The van der Waals surface area contributed by atoms with E-state index in [1.807, 2.05) is 6.07 Å². The molecule has 1 amide bonds. The molecule has 0 spiro atoms. The maximum atomic E-state index is 12.5. The first kappa shape index (κ1) is 21.7. The Morgan fingerprint density at radius 2 is 1.85 bits per heavy atom. The summed E-state index contributed by atoms with van der Waals surface area (Å²) in [6.45, 7) is 1.61. The van der Waals surface area contributed by atoms with Crippen LogP contribution in [0.1, 0.15) is 6.92 Å². The van der Waals surface area contributed by atoms with E-state index in [4.69, 9.17) is 11.6 Å². The molecule has 8 nitrogen and oxygen atoms in total. The molecule has 11 heteroatoms. The van der Waals surface area contributed by atoms with Gasteiger partial charge in [0.15, 0.2) is 6.04 Å². The first-order chi connectivity index (χ1) is 12.3. The number of anilines is 1. The summed E-state index contributed by atoms with van der Waals surface area (Å²) in [7, 11) is -4.80. The largest absolute Gasteiger partial charge is 1.00 e. The number of para-hydroxylation sites is 1. The second-order valence-electron chi connectivity index (χ2n) is 5.41. The average Bonchev–Trinajstić information content (AvgIpc) is 2.88. The van der Waals surface area contributed by atoms with Crippen LogP contribution in [-0.2, 0) is 14.9 Å². The number of carbonyl (C=O) groups excluding carboxylic acids is 1. The molecule has 0 radical (unpaired) electrons. The van der Waals surface area contributed by atoms with Gasteiger partial charge < -0.3 is 4.55 Å². The molecule has 2 aromatic carbocycles. The third-order valence-electron chi connectivity index (χ3n) is 3.57. The van der Waals surface area contributed by atoms with E-state index in [2.05, 4.69) is 15.3 Å². The monoisotopic (exact) mass is 414 g/mol. The standard InChI is InChI=1S/C16H13ClN4O4S.Na/c1-10-15(16(22)21(20-10)12-5-3-2-4-6-12)19-18-13-8-7-11(17)9-14(13)26(23,24)25;/h2-9,15H,1H3,(H,23,24,25);/q;+1/p-1. The number of rotatable bonds is 4. The molecule has 3 rings (SSSR count). The van der Waals surface area contributed by atoms with Crippen molar-refractivity contribution in [1.82, 2.24) is 0 Å². The zero-order valence-corrected chi connectivity index (χ0v) is 18.0. The summed E-state index contributed by atoms with van der Waals surface area (Å²) >= 11 is 5.73. The van der Waals surface area contributed by atoms with Crippen molar-refractivity contribution in [2.45, 2.75) is 17.9 Å². The Morgan fingerprint density at radius 3 is 2.48 bits per heavy atom. The second-order valence-corrected chi connectivity index (χ2v) is 7.20. The summed E-state index contributed by atoms with van der Waals surface area (Å²) < 4.78 is 34.1. The quantitative estimate of drug-likeness (QED) is 0.401. The summed E-state index contributed by atoms with van der Waals surface area (Å²) in [6.07, 6.45) is 0. The van der Waals surface area contributed by atoms with Gasteiger partial charge >= 0.3 is 29.6 Å². The van der Waals surface area contributed by atoms with E-state index >= 15 is 0 Å². The number of azo groups is 1. The molecular weight excluding hydrogens is 403 g/mol. The minimum absolute atomic E-state index is 0. The van der Waals surface area contributed by atoms with Crippen molar-refractivity contribution < 1.29 is 47.3 Å². The number of halogens is 1. The number of nitrogens with zero attached hydrogens (tertiary/aromatic N) is 4. The van der Waals surface area contributed by atoms with Crippen molar-refractivity contribution in [3.63, 3.8) is 0 Å². The van der Waals surface area contributed by atoms with E-state index in [0.717, 1.165) is 6.07 Å². The van der Waals surface area contributed by atoms with Crippen LogP contribution in [0.15, 0.2) is 68.8 Å². The maximum Gasteiger partial charge on any atom is 1.00 e. The van der Waals surface area contributed by atoms with Crippen LogP contribution in [0.25, 0.3) is 0 Å². The molecule has 1 unspecified atom stereocenters. The van der Waals surface area contributed by atoms with Gasteiger partial charge in [-0.1, -0.05) is 29.8 Å². The summed E-state index contributed by atoms with van der Waals surface area (Å²) in [6, 6.07) is 11.4. The molecule has 27 heavy (non-hydrogen) atoms. The van der Waals surface area contributed by atoms with Crippen LogP contribution in [0.4, 0.5) is 11.4 Å². The van der Waals surface area contributed by atoms with Gasteiger partial charge in [0.05, 0.1) is 16.3 Å². The molecule has 0 fully saturated rings. The first-order valence-corrected chi connectivity index (χ1v) is 9.16. The molecule has 0 N–H and O–H groups in total. The van der Waals surface area contributed by atoms with E-state index in [1.165, 1.54) is 17.1 Å². The number of benzene rings is 2. The van der Waals surface area contributed by atoms with Crippen LogP contribution < -0.4 is 34.6 Å². The molecule has 1 aliphatic heterocycles. The summed E-state index contributed by atoms with van der Waals surface area (Å²) in [4.78, 5) is 11.9. The Hall–Kier alpha value is -1.62. The van der Waals surface area contributed by atoms with Crippen molar-refractivity contribution in [2.24, 2.45) is 15.3 Å². The van der Waals surface area contributed by atoms with Gasteiger partial charge in [-0.3, -0.25) is 4.79 Å². The van der Waals surface area contributed by atoms with E-state index in [0.29, 0.717) is 11.4 Å². The summed E-state index contributed by atoms with van der Waals surface area (Å²) in [5, 5.41) is 13.1. The SMILES string of the molecule is CC1=NN(c2ccccc2)C(=O)C1N=Nc1ccc(Cl)cc1S(=O)(=O)[O-].[Na+]. The van der Waals surface area contributed by atoms with Crippen molar-refractivity contribution in [3.8, 4) is 0 Å². The van der Waals surface area contributed by atoms with Crippen LogP contribution >= 0.6 is 11.6 Å². The predicted octanol–water partition coefficient (Wildman–Crippen LogP) is 0.123. The van der Waals surface area contributed by atoms with Crippen LogP contribution in [0.2, 0.25) is 5.02 Å².